The normalized spacial score (nSPS) is 10.6. The van der Waals surface area contributed by atoms with Gasteiger partial charge in [-0.1, -0.05) is 30.0 Å². The molecule has 0 spiro atoms. The van der Waals surface area contributed by atoms with Crippen LogP contribution in [0.4, 0.5) is 11.4 Å². The molecule has 0 saturated heterocycles. The molecule has 1 aromatic heterocycles. The molecule has 0 fully saturated rings. The Labute approximate surface area is 199 Å². The van der Waals surface area contributed by atoms with E-state index in [2.05, 4.69) is 15.6 Å². The van der Waals surface area contributed by atoms with Gasteiger partial charge in [0.2, 0.25) is 5.91 Å². The number of nitrogens with zero attached hydrogens (tertiary/aromatic N) is 1. The van der Waals surface area contributed by atoms with E-state index in [4.69, 9.17) is 9.47 Å². The van der Waals surface area contributed by atoms with E-state index in [1.807, 2.05) is 42.5 Å². The highest BCUT2D eigenvalue weighted by Crippen LogP contribution is 2.32. The molecule has 0 radical (unpaired) electrons. The maximum Gasteiger partial charge on any atom is 0.255 e. The smallest absolute Gasteiger partial charge is 0.255 e. The number of aromatic nitrogens is 1. The summed E-state index contributed by atoms with van der Waals surface area (Å²) in [5.74, 6) is 0.960. The standard InChI is InChI=1S/C24H21N3O4S2/c1-30-19-11-8-15(12-20(19)31-2)23(29)26-17-9-10-18-21(13-17)33-24(27-18)32-14-22(28)25-16-6-4-3-5-7-16/h3-13H,14H2,1-2H3,(H,25,28)(H,26,29). The molecule has 1 heterocycles. The third-order valence-electron chi connectivity index (χ3n) is 4.66. The quantitative estimate of drug-likeness (QED) is 0.334. The molecular formula is C24H21N3O4S2. The molecule has 0 aliphatic rings. The number of amides is 2. The lowest BCUT2D eigenvalue weighted by molar-refractivity contribution is -0.113. The van der Waals surface area contributed by atoms with Crippen LogP contribution in [0.15, 0.2) is 71.1 Å². The van der Waals surface area contributed by atoms with Crippen molar-refractivity contribution in [1.29, 1.82) is 0 Å². The number of nitrogens with one attached hydrogen (secondary N) is 2. The summed E-state index contributed by atoms with van der Waals surface area (Å²) in [6.45, 7) is 0. The van der Waals surface area contributed by atoms with Crippen LogP contribution in [0, 0.1) is 0 Å². The van der Waals surface area contributed by atoms with Gasteiger partial charge in [-0.05, 0) is 48.5 Å². The van der Waals surface area contributed by atoms with Crippen LogP contribution in [0.2, 0.25) is 0 Å². The first-order valence-electron chi connectivity index (χ1n) is 9.97. The van der Waals surface area contributed by atoms with Crippen molar-refractivity contribution in [3.05, 3.63) is 72.3 Å². The van der Waals surface area contributed by atoms with E-state index in [1.165, 1.54) is 30.2 Å². The summed E-state index contributed by atoms with van der Waals surface area (Å²) < 4.78 is 12.2. The largest absolute Gasteiger partial charge is 0.493 e. The zero-order valence-corrected chi connectivity index (χ0v) is 19.6. The van der Waals surface area contributed by atoms with Crippen molar-refractivity contribution in [2.75, 3.05) is 30.6 Å². The van der Waals surface area contributed by atoms with Gasteiger partial charge < -0.3 is 20.1 Å². The summed E-state index contributed by atoms with van der Waals surface area (Å²) >= 11 is 2.86. The predicted molar refractivity (Wildman–Crippen MR) is 133 cm³/mol. The molecule has 33 heavy (non-hydrogen) atoms. The molecule has 0 bridgehead atoms. The van der Waals surface area contributed by atoms with Gasteiger partial charge in [-0.2, -0.15) is 0 Å². The van der Waals surface area contributed by atoms with E-state index in [1.54, 1.807) is 31.4 Å². The van der Waals surface area contributed by atoms with Crippen molar-refractivity contribution in [3.63, 3.8) is 0 Å². The van der Waals surface area contributed by atoms with Crippen molar-refractivity contribution in [2.45, 2.75) is 4.34 Å². The van der Waals surface area contributed by atoms with Crippen LogP contribution in [-0.4, -0.2) is 36.8 Å². The molecule has 168 valence electrons. The van der Waals surface area contributed by atoms with Gasteiger partial charge in [0.25, 0.3) is 5.91 Å². The number of para-hydroxylation sites is 1. The monoisotopic (exact) mass is 479 g/mol. The molecular weight excluding hydrogens is 458 g/mol. The highest BCUT2D eigenvalue weighted by Gasteiger charge is 2.13. The van der Waals surface area contributed by atoms with Crippen LogP contribution < -0.4 is 20.1 Å². The van der Waals surface area contributed by atoms with Crippen molar-refractivity contribution in [1.82, 2.24) is 4.98 Å². The Balaban J connectivity index is 1.40. The number of carbonyl (C=O) groups is 2. The molecule has 0 unspecified atom stereocenters. The lowest BCUT2D eigenvalue weighted by Crippen LogP contribution is -2.13. The number of hydrogen-bond acceptors (Lipinski definition) is 7. The average Bonchev–Trinajstić information content (AvgIpc) is 3.25. The fourth-order valence-corrected chi connectivity index (χ4v) is 4.98. The van der Waals surface area contributed by atoms with E-state index in [0.717, 1.165) is 20.2 Å². The molecule has 4 aromatic rings. The van der Waals surface area contributed by atoms with Crippen LogP contribution in [0.3, 0.4) is 0 Å². The van der Waals surface area contributed by atoms with Gasteiger partial charge in [-0.25, -0.2) is 4.98 Å². The average molecular weight is 480 g/mol. The van der Waals surface area contributed by atoms with Crippen LogP contribution in [-0.2, 0) is 4.79 Å². The number of thioether (sulfide) groups is 1. The van der Waals surface area contributed by atoms with Gasteiger partial charge in [0.15, 0.2) is 15.8 Å². The topological polar surface area (TPSA) is 89.5 Å². The molecule has 2 N–H and O–H groups in total. The number of methoxy groups -OCH3 is 2. The van der Waals surface area contributed by atoms with Gasteiger partial charge in [-0.3, -0.25) is 9.59 Å². The third-order valence-corrected chi connectivity index (χ3v) is 6.82. The molecule has 4 rings (SSSR count). The van der Waals surface area contributed by atoms with Crippen LogP contribution in [0.1, 0.15) is 10.4 Å². The van der Waals surface area contributed by atoms with Crippen LogP contribution >= 0.6 is 23.1 Å². The van der Waals surface area contributed by atoms with Gasteiger partial charge in [0.1, 0.15) is 0 Å². The number of rotatable bonds is 8. The Kier molecular flexibility index (Phi) is 7.11. The number of ether oxygens (including phenoxy) is 2. The first-order chi connectivity index (χ1) is 16.1. The minimum absolute atomic E-state index is 0.0895. The molecule has 7 nitrogen and oxygen atoms in total. The second-order valence-corrected chi connectivity index (χ2v) is 9.14. The van der Waals surface area contributed by atoms with E-state index in [-0.39, 0.29) is 17.6 Å². The molecule has 9 heteroatoms. The summed E-state index contributed by atoms with van der Waals surface area (Å²) in [5.41, 5.74) is 2.69. The number of thiazole rings is 1. The Bertz CT molecular complexity index is 1290. The number of carbonyl (C=O) groups excluding carboxylic acids is 2. The number of benzene rings is 3. The first-order valence-corrected chi connectivity index (χ1v) is 11.8. The fraction of sp³-hybridized carbons (Fsp3) is 0.125. The maximum absolute atomic E-state index is 12.7. The minimum atomic E-state index is -0.257. The van der Waals surface area contributed by atoms with E-state index in [9.17, 15) is 9.59 Å². The Hall–Kier alpha value is -3.56. The van der Waals surface area contributed by atoms with Gasteiger partial charge in [0, 0.05) is 16.9 Å². The minimum Gasteiger partial charge on any atom is -0.493 e. The summed E-state index contributed by atoms with van der Waals surface area (Å²) in [6, 6.07) is 19.9. The highest BCUT2D eigenvalue weighted by molar-refractivity contribution is 8.01. The second kappa shape index (κ2) is 10.4. The Morgan fingerprint density at radius 2 is 1.70 bits per heavy atom. The molecule has 0 aliphatic carbocycles. The fourth-order valence-electron chi connectivity index (χ4n) is 3.07. The lowest BCUT2D eigenvalue weighted by atomic mass is 10.2. The van der Waals surface area contributed by atoms with Crippen molar-refractivity contribution in [2.24, 2.45) is 0 Å². The van der Waals surface area contributed by atoms with Crippen LogP contribution in [0.25, 0.3) is 10.2 Å². The van der Waals surface area contributed by atoms with E-state index in [0.29, 0.717) is 22.7 Å². The second-order valence-electron chi connectivity index (χ2n) is 6.89. The van der Waals surface area contributed by atoms with Gasteiger partial charge in [0.05, 0.1) is 30.2 Å². The van der Waals surface area contributed by atoms with Gasteiger partial charge >= 0.3 is 0 Å². The number of fused-ring (bicyclic) bond motifs is 1. The number of anilines is 2. The van der Waals surface area contributed by atoms with E-state index < -0.39 is 0 Å². The van der Waals surface area contributed by atoms with E-state index >= 15 is 0 Å². The third kappa shape index (κ3) is 5.63. The SMILES string of the molecule is COc1ccc(C(=O)Nc2ccc3nc(SCC(=O)Nc4ccccc4)sc3c2)cc1OC. The Morgan fingerprint density at radius 1 is 0.909 bits per heavy atom. The number of hydrogen-bond donors (Lipinski definition) is 2. The van der Waals surface area contributed by atoms with Crippen molar-refractivity contribution < 1.29 is 19.1 Å². The zero-order valence-electron chi connectivity index (χ0n) is 18.0. The summed E-state index contributed by atoms with van der Waals surface area (Å²) in [6.07, 6.45) is 0. The summed E-state index contributed by atoms with van der Waals surface area (Å²) in [7, 11) is 3.07. The molecule has 0 atom stereocenters. The molecule has 0 aliphatic heterocycles. The van der Waals surface area contributed by atoms with Crippen molar-refractivity contribution >= 4 is 56.5 Å². The molecule has 0 saturated carbocycles. The van der Waals surface area contributed by atoms with Gasteiger partial charge in [-0.15, -0.1) is 11.3 Å². The first kappa shape index (κ1) is 22.6. The lowest BCUT2D eigenvalue weighted by Gasteiger charge is -2.10. The van der Waals surface area contributed by atoms with Crippen molar-refractivity contribution in [3.8, 4) is 11.5 Å². The molecule has 2 amide bonds. The highest BCUT2D eigenvalue weighted by atomic mass is 32.2. The Morgan fingerprint density at radius 3 is 2.45 bits per heavy atom. The maximum atomic E-state index is 12.7. The predicted octanol–water partition coefficient (Wildman–Crippen LogP) is 5.30. The summed E-state index contributed by atoms with van der Waals surface area (Å²) in [4.78, 5) is 29.4. The summed E-state index contributed by atoms with van der Waals surface area (Å²) in [5, 5.41) is 5.76. The molecule has 3 aromatic carbocycles. The zero-order chi connectivity index (χ0) is 23.2. The van der Waals surface area contributed by atoms with Crippen LogP contribution in [0.5, 0.6) is 11.5 Å².